The second-order valence-corrected chi connectivity index (χ2v) is 6.85. The van der Waals surface area contributed by atoms with E-state index in [1.807, 2.05) is 75.4 Å². The Balaban J connectivity index is 1.63. The number of anilines is 1. The molecule has 0 unspecified atom stereocenters. The van der Waals surface area contributed by atoms with E-state index in [9.17, 15) is 4.79 Å². The SMILES string of the molecule is Cc1ccc(C(=O)Nc2cccc(-c3nc4cc(C)cc(C)c4o3)c2)cc1. The van der Waals surface area contributed by atoms with Gasteiger partial charge >= 0.3 is 0 Å². The van der Waals surface area contributed by atoms with Crippen molar-refractivity contribution in [2.75, 3.05) is 5.32 Å². The molecule has 0 spiro atoms. The molecule has 27 heavy (non-hydrogen) atoms. The number of hydrogen-bond acceptors (Lipinski definition) is 3. The molecule has 134 valence electrons. The number of aryl methyl sites for hydroxylation is 3. The number of rotatable bonds is 3. The third-order valence-corrected chi connectivity index (χ3v) is 4.50. The molecule has 3 aromatic carbocycles. The van der Waals surface area contributed by atoms with E-state index in [0.29, 0.717) is 17.1 Å². The highest BCUT2D eigenvalue weighted by atomic mass is 16.3. The highest BCUT2D eigenvalue weighted by molar-refractivity contribution is 6.04. The van der Waals surface area contributed by atoms with Crippen LogP contribution in [-0.2, 0) is 0 Å². The van der Waals surface area contributed by atoms with Gasteiger partial charge in [-0.3, -0.25) is 4.79 Å². The van der Waals surface area contributed by atoms with Gasteiger partial charge in [0, 0.05) is 16.8 Å². The molecule has 1 aromatic heterocycles. The lowest BCUT2D eigenvalue weighted by atomic mass is 10.1. The summed E-state index contributed by atoms with van der Waals surface area (Å²) >= 11 is 0. The number of benzene rings is 3. The van der Waals surface area contributed by atoms with Gasteiger partial charge in [-0.1, -0.05) is 29.8 Å². The minimum absolute atomic E-state index is 0.142. The average Bonchev–Trinajstić information content (AvgIpc) is 3.07. The van der Waals surface area contributed by atoms with Crippen LogP contribution >= 0.6 is 0 Å². The molecule has 0 fully saturated rings. The summed E-state index contributed by atoms with van der Waals surface area (Å²) in [5, 5.41) is 2.93. The lowest BCUT2D eigenvalue weighted by molar-refractivity contribution is 0.102. The first-order valence-corrected chi connectivity index (χ1v) is 8.86. The van der Waals surface area contributed by atoms with Crippen molar-refractivity contribution in [2.45, 2.75) is 20.8 Å². The molecule has 0 aliphatic carbocycles. The monoisotopic (exact) mass is 356 g/mol. The maximum atomic E-state index is 12.4. The average molecular weight is 356 g/mol. The Labute approximate surface area is 157 Å². The van der Waals surface area contributed by atoms with Crippen LogP contribution in [0, 0.1) is 20.8 Å². The Morgan fingerprint density at radius 3 is 2.48 bits per heavy atom. The molecule has 1 heterocycles. The van der Waals surface area contributed by atoms with Gasteiger partial charge in [-0.15, -0.1) is 0 Å². The molecule has 1 N–H and O–H groups in total. The maximum absolute atomic E-state index is 12.4. The Hall–Kier alpha value is -3.40. The molecule has 4 rings (SSSR count). The Kier molecular flexibility index (Phi) is 4.24. The molecule has 0 saturated heterocycles. The fourth-order valence-corrected chi connectivity index (χ4v) is 3.14. The van der Waals surface area contributed by atoms with Crippen molar-refractivity contribution in [1.29, 1.82) is 0 Å². The summed E-state index contributed by atoms with van der Waals surface area (Å²) < 4.78 is 5.97. The summed E-state index contributed by atoms with van der Waals surface area (Å²) in [6.07, 6.45) is 0. The third kappa shape index (κ3) is 3.47. The summed E-state index contributed by atoms with van der Waals surface area (Å²) in [4.78, 5) is 17.1. The number of hydrogen-bond donors (Lipinski definition) is 1. The standard InChI is InChI=1S/C23H20N2O2/c1-14-7-9-17(10-8-14)22(26)24-19-6-4-5-18(13-19)23-25-20-12-15(2)11-16(3)21(20)27-23/h4-13H,1-3H3,(H,24,26). The van der Waals surface area contributed by atoms with E-state index >= 15 is 0 Å². The van der Waals surface area contributed by atoms with Crippen molar-refractivity contribution in [2.24, 2.45) is 0 Å². The van der Waals surface area contributed by atoms with Crippen LogP contribution in [0.3, 0.4) is 0 Å². The Morgan fingerprint density at radius 1 is 0.926 bits per heavy atom. The van der Waals surface area contributed by atoms with Crippen LogP contribution in [0.5, 0.6) is 0 Å². The number of nitrogens with one attached hydrogen (secondary N) is 1. The van der Waals surface area contributed by atoms with Crippen molar-refractivity contribution in [3.8, 4) is 11.5 Å². The zero-order chi connectivity index (χ0) is 19.0. The normalized spacial score (nSPS) is 10.9. The molecule has 1 amide bonds. The molecule has 0 radical (unpaired) electrons. The number of oxazole rings is 1. The first kappa shape index (κ1) is 17.0. The summed E-state index contributed by atoms with van der Waals surface area (Å²) in [7, 11) is 0. The minimum Gasteiger partial charge on any atom is -0.436 e. The van der Waals surface area contributed by atoms with Gasteiger partial charge in [0.25, 0.3) is 5.91 Å². The summed E-state index contributed by atoms with van der Waals surface area (Å²) in [6.45, 7) is 6.05. The molecular weight excluding hydrogens is 336 g/mol. The second-order valence-electron chi connectivity index (χ2n) is 6.85. The Morgan fingerprint density at radius 2 is 1.70 bits per heavy atom. The minimum atomic E-state index is -0.142. The summed E-state index contributed by atoms with van der Waals surface area (Å²) in [6, 6.07) is 19.1. The van der Waals surface area contributed by atoms with Crippen molar-refractivity contribution in [1.82, 2.24) is 4.98 Å². The smallest absolute Gasteiger partial charge is 0.255 e. The number of carbonyl (C=O) groups is 1. The van der Waals surface area contributed by atoms with E-state index in [-0.39, 0.29) is 5.91 Å². The second kappa shape index (κ2) is 6.72. The number of aromatic nitrogens is 1. The van der Waals surface area contributed by atoms with Crippen molar-refractivity contribution < 1.29 is 9.21 Å². The number of nitrogens with zero attached hydrogens (tertiary/aromatic N) is 1. The van der Waals surface area contributed by atoms with Gasteiger partial charge in [0.05, 0.1) is 0 Å². The maximum Gasteiger partial charge on any atom is 0.255 e. The van der Waals surface area contributed by atoms with E-state index in [4.69, 9.17) is 4.42 Å². The van der Waals surface area contributed by atoms with Crippen LogP contribution in [0.1, 0.15) is 27.0 Å². The summed E-state index contributed by atoms with van der Waals surface area (Å²) in [5.74, 6) is 0.404. The van der Waals surface area contributed by atoms with Crippen molar-refractivity contribution in [3.63, 3.8) is 0 Å². The number of amides is 1. The highest BCUT2D eigenvalue weighted by Crippen LogP contribution is 2.28. The van der Waals surface area contributed by atoms with Crippen LogP contribution in [0.15, 0.2) is 65.1 Å². The van der Waals surface area contributed by atoms with E-state index in [1.54, 1.807) is 0 Å². The summed E-state index contributed by atoms with van der Waals surface area (Å²) in [5.41, 5.74) is 7.13. The first-order chi connectivity index (χ1) is 13.0. The molecule has 0 saturated carbocycles. The fraction of sp³-hybridized carbons (Fsp3) is 0.130. The fourth-order valence-electron chi connectivity index (χ4n) is 3.14. The predicted molar refractivity (Wildman–Crippen MR) is 108 cm³/mol. The molecule has 0 atom stereocenters. The zero-order valence-corrected chi connectivity index (χ0v) is 15.5. The molecule has 4 heteroatoms. The quantitative estimate of drug-likeness (QED) is 0.514. The molecule has 0 aliphatic heterocycles. The van der Waals surface area contributed by atoms with Gasteiger partial charge in [0.1, 0.15) is 5.52 Å². The van der Waals surface area contributed by atoms with Crippen LogP contribution in [0.2, 0.25) is 0 Å². The molecule has 4 nitrogen and oxygen atoms in total. The van der Waals surface area contributed by atoms with Gasteiger partial charge < -0.3 is 9.73 Å². The van der Waals surface area contributed by atoms with Gasteiger partial charge in [-0.25, -0.2) is 4.98 Å². The molecular formula is C23H20N2O2. The lowest BCUT2D eigenvalue weighted by Gasteiger charge is -2.06. The van der Waals surface area contributed by atoms with E-state index in [1.165, 1.54) is 0 Å². The highest BCUT2D eigenvalue weighted by Gasteiger charge is 2.12. The third-order valence-electron chi connectivity index (χ3n) is 4.50. The lowest BCUT2D eigenvalue weighted by Crippen LogP contribution is -2.11. The molecule has 4 aromatic rings. The van der Waals surface area contributed by atoms with Crippen LogP contribution in [0.25, 0.3) is 22.6 Å². The van der Waals surface area contributed by atoms with E-state index < -0.39 is 0 Å². The number of fused-ring (bicyclic) bond motifs is 1. The predicted octanol–water partition coefficient (Wildman–Crippen LogP) is 5.67. The van der Waals surface area contributed by atoms with E-state index in [2.05, 4.69) is 16.4 Å². The molecule has 0 bridgehead atoms. The largest absolute Gasteiger partial charge is 0.436 e. The first-order valence-electron chi connectivity index (χ1n) is 8.86. The van der Waals surface area contributed by atoms with Crippen LogP contribution in [-0.4, -0.2) is 10.9 Å². The van der Waals surface area contributed by atoms with E-state index in [0.717, 1.165) is 33.4 Å². The molecule has 0 aliphatic rings. The van der Waals surface area contributed by atoms with Gasteiger partial charge in [-0.05, 0) is 68.3 Å². The van der Waals surface area contributed by atoms with Gasteiger partial charge in [-0.2, -0.15) is 0 Å². The van der Waals surface area contributed by atoms with Crippen LogP contribution < -0.4 is 5.32 Å². The van der Waals surface area contributed by atoms with Crippen molar-refractivity contribution >= 4 is 22.7 Å². The van der Waals surface area contributed by atoms with Crippen LogP contribution in [0.4, 0.5) is 5.69 Å². The number of carbonyl (C=O) groups excluding carboxylic acids is 1. The Bertz CT molecular complexity index is 1140. The van der Waals surface area contributed by atoms with Crippen molar-refractivity contribution in [3.05, 3.63) is 82.9 Å². The van der Waals surface area contributed by atoms with Gasteiger partial charge in [0.15, 0.2) is 5.58 Å². The topological polar surface area (TPSA) is 55.1 Å². The zero-order valence-electron chi connectivity index (χ0n) is 15.5. The van der Waals surface area contributed by atoms with Gasteiger partial charge in [0.2, 0.25) is 5.89 Å².